The minimum Gasteiger partial charge on any atom is -0.384 e. The monoisotopic (exact) mass is 482 g/mol. The standard InChI is InChI=1S/C28H35ClN2O3/c1-27(2)19-31(17-16-28(27,34)22-12-14-23(29)15-13-22)26(33)24-11-7-6-10-21(24)18-30-25(32)20-8-4-3-5-9-20/h3-5,8-9,12-15,21,24,34H,6-7,10-11,16-19H2,1-2H3,(H,30,32)/t21-,24-,28-/m0/s1. The first kappa shape index (κ1) is 24.7. The van der Waals surface area contributed by atoms with E-state index in [1.165, 1.54) is 0 Å². The number of carbonyl (C=O) groups excluding carboxylic acids is 2. The van der Waals surface area contributed by atoms with Gasteiger partial charge in [-0.1, -0.05) is 68.6 Å². The Labute approximate surface area is 207 Å². The third-order valence-corrected chi connectivity index (χ3v) is 8.12. The molecule has 5 nitrogen and oxygen atoms in total. The molecule has 2 fully saturated rings. The van der Waals surface area contributed by atoms with Gasteiger partial charge in [-0.05, 0) is 55.0 Å². The summed E-state index contributed by atoms with van der Waals surface area (Å²) < 4.78 is 0. The van der Waals surface area contributed by atoms with Gasteiger partial charge in [-0.25, -0.2) is 0 Å². The largest absolute Gasteiger partial charge is 0.384 e. The number of piperidine rings is 1. The van der Waals surface area contributed by atoms with E-state index in [1.807, 2.05) is 49.1 Å². The van der Waals surface area contributed by atoms with Crippen LogP contribution >= 0.6 is 11.6 Å². The summed E-state index contributed by atoms with van der Waals surface area (Å²) >= 11 is 6.05. The number of hydrogen-bond donors (Lipinski definition) is 2. The van der Waals surface area contributed by atoms with Gasteiger partial charge in [-0.2, -0.15) is 0 Å². The maximum absolute atomic E-state index is 13.7. The van der Waals surface area contributed by atoms with Crippen LogP contribution in [0.1, 0.15) is 61.9 Å². The van der Waals surface area contributed by atoms with Gasteiger partial charge in [0.2, 0.25) is 5.91 Å². The first-order valence-corrected chi connectivity index (χ1v) is 12.7. The lowest BCUT2D eigenvalue weighted by atomic mass is 9.66. The molecule has 1 aliphatic heterocycles. The van der Waals surface area contributed by atoms with Crippen molar-refractivity contribution >= 4 is 23.4 Å². The van der Waals surface area contributed by atoms with E-state index in [0.717, 1.165) is 31.2 Å². The zero-order valence-corrected chi connectivity index (χ0v) is 20.9. The second-order valence-electron chi connectivity index (χ2n) is 10.5. The molecular weight excluding hydrogens is 448 g/mol. The number of rotatable bonds is 5. The van der Waals surface area contributed by atoms with E-state index < -0.39 is 11.0 Å². The van der Waals surface area contributed by atoms with Crippen LogP contribution < -0.4 is 5.32 Å². The summed E-state index contributed by atoms with van der Waals surface area (Å²) in [6.07, 6.45) is 4.39. The van der Waals surface area contributed by atoms with Crippen molar-refractivity contribution in [3.05, 3.63) is 70.7 Å². The molecule has 1 saturated heterocycles. The second-order valence-corrected chi connectivity index (χ2v) is 10.9. The Morgan fingerprint density at radius 2 is 1.74 bits per heavy atom. The van der Waals surface area contributed by atoms with E-state index in [4.69, 9.17) is 11.6 Å². The molecule has 1 aliphatic carbocycles. The fourth-order valence-corrected chi connectivity index (χ4v) is 5.82. The van der Waals surface area contributed by atoms with Gasteiger partial charge in [0, 0.05) is 41.6 Å². The zero-order chi connectivity index (χ0) is 24.3. The van der Waals surface area contributed by atoms with Crippen molar-refractivity contribution in [3.63, 3.8) is 0 Å². The number of amides is 2. The number of benzene rings is 2. The third kappa shape index (κ3) is 5.01. The Kier molecular flexibility index (Phi) is 7.34. The highest BCUT2D eigenvalue weighted by Gasteiger charge is 2.50. The normalized spacial score (nSPS) is 26.6. The predicted octanol–water partition coefficient (Wildman–Crippen LogP) is 5.02. The number of nitrogens with zero attached hydrogens (tertiary/aromatic N) is 1. The maximum atomic E-state index is 13.7. The Morgan fingerprint density at radius 3 is 2.41 bits per heavy atom. The Balaban J connectivity index is 1.43. The van der Waals surface area contributed by atoms with Crippen LogP contribution in [0.25, 0.3) is 0 Å². The van der Waals surface area contributed by atoms with Crippen molar-refractivity contribution in [1.29, 1.82) is 0 Å². The van der Waals surface area contributed by atoms with Crippen LogP contribution in [-0.2, 0) is 10.4 Å². The molecule has 182 valence electrons. The van der Waals surface area contributed by atoms with Crippen molar-refractivity contribution in [2.24, 2.45) is 17.3 Å². The van der Waals surface area contributed by atoms with Gasteiger partial charge >= 0.3 is 0 Å². The summed E-state index contributed by atoms with van der Waals surface area (Å²) in [7, 11) is 0. The summed E-state index contributed by atoms with van der Waals surface area (Å²) in [6, 6.07) is 16.6. The zero-order valence-electron chi connectivity index (χ0n) is 20.1. The molecule has 34 heavy (non-hydrogen) atoms. The minimum atomic E-state index is -1.02. The quantitative estimate of drug-likeness (QED) is 0.628. The van der Waals surface area contributed by atoms with E-state index in [9.17, 15) is 14.7 Å². The lowest BCUT2D eigenvalue weighted by Crippen LogP contribution is -2.58. The average molecular weight is 483 g/mol. The van der Waals surface area contributed by atoms with E-state index in [-0.39, 0.29) is 23.7 Å². The molecule has 0 bridgehead atoms. The van der Waals surface area contributed by atoms with Crippen LogP contribution in [0.2, 0.25) is 5.02 Å². The van der Waals surface area contributed by atoms with Crippen LogP contribution in [0.5, 0.6) is 0 Å². The van der Waals surface area contributed by atoms with Gasteiger partial charge in [0.25, 0.3) is 5.91 Å². The molecule has 1 heterocycles. The molecule has 1 saturated carbocycles. The van der Waals surface area contributed by atoms with Crippen LogP contribution in [0.15, 0.2) is 54.6 Å². The van der Waals surface area contributed by atoms with Crippen molar-refractivity contribution < 1.29 is 14.7 Å². The number of nitrogens with one attached hydrogen (secondary N) is 1. The molecule has 0 aromatic heterocycles. The Morgan fingerprint density at radius 1 is 1.06 bits per heavy atom. The second kappa shape index (κ2) is 10.1. The molecule has 6 heteroatoms. The molecule has 2 N–H and O–H groups in total. The fourth-order valence-electron chi connectivity index (χ4n) is 5.70. The predicted molar refractivity (Wildman–Crippen MR) is 135 cm³/mol. The average Bonchev–Trinajstić information content (AvgIpc) is 2.85. The molecule has 0 radical (unpaired) electrons. The number of hydrogen-bond acceptors (Lipinski definition) is 3. The van der Waals surface area contributed by atoms with Gasteiger partial charge in [-0.3, -0.25) is 9.59 Å². The van der Waals surface area contributed by atoms with Crippen molar-refractivity contribution in [1.82, 2.24) is 10.2 Å². The van der Waals surface area contributed by atoms with Crippen molar-refractivity contribution in [3.8, 4) is 0 Å². The van der Waals surface area contributed by atoms with Crippen LogP contribution in [0.3, 0.4) is 0 Å². The molecule has 2 aromatic rings. The minimum absolute atomic E-state index is 0.0930. The Hall–Kier alpha value is -2.37. The fraction of sp³-hybridized carbons (Fsp3) is 0.500. The third-order valence-electron chi connectivity index (χ3n) is 7.87. The first-order chi connectivity index (χ1) is 16.2. The van der Waals surface area contributed by atoms with Crippen LogP contribution in [0, 0.1) is 17.3 Å². The van der Waals surface area contributed by atoms with Gasteiger partial charge in [0.1, 0.15) is 0 Å². The maximum Gasteiger partial charge on any atom is 0.251 e. The van der Waals surface area contributed by atoms with Gasteiger partial charge in [0.15, 0.2) is 0 Å². The summed E-state index contributed by atoms with van der Waals surface area (Å²) in [5.41, 5.74) is -0.0571. The smallest absolute Gasteiger partial charge is 0.251 e. The lowest BCUT2D eigenvalue weighted by Gasteiger charge is -2.51. The molecule has 2 aliphatic rings. The van der Waals surface area contributed by atoms with Crippen LogP contribution in [-0.4, -0.2) is 41.5 Å². The van der Waals surface area contributed by atoms with Gasteiger partial charge in [-0.15, -0.1) is 0 Å². The SMILES string of the molecule is CC1(C)CN(C(=O)[C@H]2CCCC[C@H]2CNC(=O)c2ccccc2)CC[C@]1(O)c1ccc(Cl)cc1. The summed E-state index contributed by atoms with van der Waals surface area (Å²) in [4.78, 5) is 28.1. The van der Waals surface area contributed by atoms with Gasteiger partial charge < -0.3 is 15.3 Å². The van der Waals surface area contributed by atoms with E-state index in [1.54, 1.807) is 24.3 Å². The lowest BCUT2D eigenvalue weighted by molar-refractivity contribution is -0.159. The summed E-state index contributed by atoms with van der Waals surface area (Å²) in [6.45, 7) is 5.57. The van der Waals surface area contributed by atoms with Crippen LogP contribution in [0.4, 0.5) is 0 Å². The first-order valence-electron chi connectivity index (χ1n) is 12.3. The number of carbonyl (C=O) groups is 2. The van der Waals surface area contributed by atoms with E-state index in [2.05, 4.69) is 5.32 Å². The molecule has 3 atom stereocenters. The van der Waals surface area contributed by atoms with E-state index >= 15 is 0 Å². The molecular formula is C28H35ClN2O3. The molecule has 0 spiro atoms. The highest BCUT2D eigenvalue weighted by molar-refractivity contribution is 6.30. The molecule has 2 aromatic carbocycles. The topological polar surface area (TPSA) is 69.6 Å². The van der Waals surface area contributed by atoms with Crippen molar-refractivity contribution in [2.75, 3.05) is 19.6 Å². The number of halogens is 1. The molecule has 4 rings (SSSR count). The highest BCUT2D eigenvalue weighted by atomic mass is 35.5. The molecule has 0 unspecified atom stereocenters. The summed E-state index contributed by atoms with van der Waals surface area (Å²) in [5, 5.41) is 15.3. The number of likely N-dealkylation sites (tertiary alicyclic amines) is 1. The van der Waals surface area contributed by atoms with E-state index in [0.29, 0.717) is 36.6 Å². The van der Waals surface area contributed by atoms with Crippen molar-refractivity contribution in [2.45, 2.75) is 51.6 Å². The Bertz CT molecular complexity index is 1010. The van der Waals surface area contributed by atoms with Gasteiger partial charge in [0.05, 0.1) is 5.60 Å². The number of aliphatic hydroxyl groups is 1. The highest BCUT2D eigenvalue weighted by Crippen LogP contribution is 2.47. The molecule has 2 amide bonds. The summed E-state index contributed by atoms with van der Waals surface area (Å²) in [5.74, 6) is 0.103.